The first-order chi connectivity index (χ1) is 10.4. The molecular formula is C14H9F7O2. The van der Waals surface area contributed by atoms with E-state index in [0.29, 0.717) is 10.8 Å². The summed E-state index contributed by atoms with van der Waals surface area (Å²) >= 11 is 0. The highest BCUT2D eigenvalue weighted by Crippen LogP contribution is 2.46. The van der Waals surface area contributed by atoms with Crippen LogP contribution >= 0.6 is 0 Å². The van der Waals surface area contributed by atoms with Crippen LogP contribution in [0, 0.1) is 0 Å². The van der Waals surface area contributed by atoms with Crippen molar-refractivity contribution >= 4 is 10.8 Å². The fourth-order valence-electron chi connectivity index (χ4n) is 1.77. The van der Waals surface area contributed by atoms with Crippen LogP contribution < -0.4 is 4.74 Å². The standard InChI is InChI=1S/C14H9F7O2/c15-12(16,13(17,18)14(19,20)21)7-23-11-4-2-8-1-3-10(22)5-9(8)6-11/h1-6,22H,7H2. The molecule has 1 N–H and O–H groups in total. The topological polar surface area (TPSA) is 29.5 Å². The second kappa shape index (κ2) is 5.47. The van der Waals surface area contributed by atoms with Gasteiger partial charge >= 0.3 is 18.0 Å². The Labute approximate surface area is 125 Å². The summed E-state index contributed by atoms with van der Waals surface area (Å²) < 4.78 is 92.1. The average Bonchev–Trinajstić information content (AvgIpc) is 2.43. The Balaban J connectivity index is 2.20. The van der Waals surface area contributed by atoms with Crippen LogP contribution in [-0.2, 0) is 0 Å². The Bertz CT molecular complexity index is 710. The van der Waals surface area contributed by atoms with Crippen molar-refractivity contribution in [2.75, 3.05) is 6.61 Å². The van der Waals surface area contributed by atoms with Crippen LogP contribution in [0.15, 0.2) is 36.4 Å². The number of halogens is 7. The van der Waals surface area contributed by atoms with Crippen molar-refractivity contribution in [1.82, 2.24) is 0 Å². The molecule has 0 saturated carbocycles. The molecule has 0 aliphatic heterocycles. The number of phenols is 1. The zero-order valence-corrected chi connectivity index (χ0v) is 11.2. The summed E-state index contributed by atoms with van der Waals surface area (Å²) in [5, 5.41) is 10.2. The monoisotopic (exact) mass is 342 g/mol. The van der Waals surface area contributed by atoms with Gasteiger partial charge in [0.2, 0.25) is 0 Å². The lowest BCUT2D eigenvalue weighted by Crippen LogP contribution is -2.54. The van der Waals surface area contributed by atoms with E-state index in [1.165, 1.54) is 24.3 Å². The number of aromatic hydroxyl groups is 1. The fourth-order valence-corrected chi connectivity index (χ4v) is 1.77. The highest BCUT2D eigenvalue weighted by molar-refractivity contribution is 5.85. The largest absolute Gasteiger partial charge is 0.508 e. The number of alkyl halides is 7. The average molecular weight is 342 g/mol. The number of fused-ring (bicyclic) bond motifs is 1. The van der Waals surface area contributed by atoms with Gasteiger partial charge in [0.05, 0.1) is 0 Å². The molecule has 0 unspecified atom stereocenters. The first-order valence-electron chi connectivity index (χ1n) is 6.12. The van der Waals surface area contributed by atoms with E-state index in [0.717, 1.165) is 12.1 Å². The van der Waals surface area contributed by atoms with Crippen LogP contribution in [0.5, 0.6) is 11.5 Å². The molecule has 0 saturated heterocycles. The molecule has 0 radical (unpaired) electrons. The van der Waals surface area contributed by atoms with Crippen molar-refractivity contribution in [2.24, 2.45) is 0 Å². The molecule has 0 atom stereocenters. The quantitative estimate of drug-likeness (QED) is 0.812. The van der Waals surface area contributed by atoms with Crippen LogP contribution in [0.4, 0.5) is 30.7 Å². The maximum atomic E-state index is 13.1. The predicted octanol–water partition coefficient (Wildman–Crippen LogP) is 4.76. The van der Waals surface area contributed by atoms with Crippen molar-refractivity contribution in [2.45, 2.75) is 18.0 Å². The highest BCUT2D eigenvalue weighted by atomic mass is 19.4. The van der Waals surface area contributed by atoms with Crippen molar-refractivity contribution in [3.63, 3.8) is 0 Å². The zero-order valence-electron chi connectivity index (χ0n) is 11.2. The molecule has 0 fully saturated rings. The van der Waals surface area contributed by atoms with E-state index >= 15 is 0 Å². The molecule has 23 heavy (non-hydrogen) atoms. The molecule has 0 amide bonds. The Kier molecular flexibility index (Phi) is 4.08. The van der Waals surface area contributed by atoms with Crippen LogP contribution in [0.3, 0.4) is 0 Å². The van der Waals surface area contributed by atoms with E-state index < -0.39 is 24.6 Å². The first kappa shape index (κ1) is 17.2. The van der Waals surface area contributed by atoms with E-state index in [9.17, 15) is 35.8 Å². The zero-order chi connectivity index (χ0) is 17.5. The van der Waals surface area contributed by atoms with Gasteiger partial charge in [-0.1, -0.05) is 12.1 Å². The third-order valence-corrected chi connectivity index (χ3v) is 3.03. The Morgan fingerprint density at radius 3 is 2.04 bits per heavy atom. The normalized spacial score (nSPS) is 13.3. The van der Waals surface area contributed by atoms with Gasteiger partial charge in [-0.05, 0) is 35.0 Å². The smallest absolute Gasteiger partial charge is 0.460 e. The molecule has 0 bridgehead atoms. The summed E-state index contributed by atoms with van der Waals surface area (Å²) in [5.41, 5.74) is 0. The summed E-state index contributed by atoms with van der Waals surface area (Å²) in [6.07, 6.45) is -6.39. The van der Waals surface area contributed by atoms with Gasteiger partial charge < -0.3 is 9.84 Å². The summed E-state index contributed by atoms with van der Waals surface area (Å²) in [7, 11) is 0. The van der Waals surface area contributed by atoms with E-state index in [1.807, 2.05) is 0 Å². The van der Waals surface area contributed by atoms with E-state index in [4.69, 9.17) is 0 Å². The SMILES string of the molecule is Oc1ccc2ccc(OCC(F)(F)C(F)(F)C(F)(F)F)cc2c1. The van der Waals surface area contributed by atoms with Gasteiger partial charge in [0.15, 0.2) is 6.61 Å². The second-order valence-electron chi connectivity index (χ2n) is 4.76. The Hall–Kier alpha value is -2.19. The van der Waals surface area contributed by atoms with E-state index in [2.05, 4.69) is 4.74 Å². The van der Waals surface area contributed by atoms with Crippen LogP contribution in [0.1, 0.15) is 0 Å². The number of benzene rings is 2. The third kappa shape index (κ3) is 3.27. The number of hydrogen-bond acceptors (Lipinski definition) is 2. The van der Waals surface area contributed by atoms with Gasteiger partial charge in [-0.15, -0.1) is 0 Å². The molecule has 2 nitrogen and oxygen atoms in total. The lowest BCUT2D eigenvalue weighted by molar-refractivity contribution is -0.358. The van der Waals surface area contributed by atoms with Crippen LogP contribution in [-0.4, -0.2) is 29.7 Å². The van der Waals surface area contributed by atoms with Gasteiger partial charge in [0.25, 0.3) is 0 Å². The molecule has 126 valence electrons. The lowest BCUT2D eigenvalue weighted by atomic mass is 10.1. The third-order valence-electron chi connectivity index (χ3n) is 3.03. The second-order valence-corrected chi connectivity index (χ2v) is 4.76. The Morgan fingerprint density at radius 2 is 1.43 bits per heavy atom. The summed E-state index contributed by atoms with van der Waals surface area (Å²) in [6, 6.07) is 7.77. The van der Waals surface area contributed by atoms with Crippen molar-refractivity contribution < 1.29 is 40.6 Å². The van der Waals surface area contributed by atoms with Gasteiger partial charge in [-0.3, -0.25) is 0 Å². The summed E-state index contributed by atoms with van der Waals surface area (Å²) in [4.78, 5) is 0. The van der Waals surface area contributed by atoms with E-state index in [-0.39, 0.29) is 11.5 Å². The van der Waals surface area contributed by atoms with Gasteiger partial charge in [0, 0.05) is 0 Å². The minimum atomic E-state index is -6.39. The van der Waals surface area contributed by atoms with Gasteiger partial charge in [-0.2, -0.15) is 30.7 Å². The molecular weight excluding hydrogens is 333 g/mol. The summed E-state index contributed by atoms with van der Waals surface area (Å²) in [6.45, 7) is -2.15. The number of hydrogen-bond donors (Lipinski definition) is 1. The lowest BCUT2D eigenvalue weighted by Gasteiger charge is -2.27. The molecule has 0 heterocycles. The molecule has 2 aromatic rings. The highest BCUT2D eigenvalue weighted by Gasteiger charge is 2.73. The molecule has 0 aliphatic carbocycles. The number of phenolic OH excluding ortho intramolecular Hbond substituents is 1. The predicted molar refractivity (Wildman–Crippen MR) is 67.1 cm³/mol. The maximum absolute atomic E-state index is 13.1. The maximum Gasteiger partial charge on any atom is 0.460 e. The van der Waals surface area contributed by atoms with Crippen LogP contribution in [0.2, 0.25) is 0 Å². The Morgan fingerprint density at radius 1 is 0.826 bits per heavy atom. The van der Waals surface area contributed by atoms with Crippen molar-refractivity contribution in [3.05, 3.63) is 36.4 Å². The molecule has 0 spiro atoms. The molecule has 9 heteroatoms. The molecule has 0 aliphatic rings. The molecule has 2 rings (SSSR count). The van der Waals surface area contributed by atoms with Gasteiger partial charge in [-0.25, -0.2) is 0 Å². The fraction of sp³-hybridized carbons (Fsp3) is 0.286. The first-order valence-corrected chi connectivity index (χ1v) is 6.12. The molecule has 2 aromatic carbocycles. The minimum Gasteiger partial charge on any atom is -0.508 e. The molecule has 0 aromatic heterocycles. The van der Waals surface area contributed by atoms with Gasteiger partial charge in [0.1, 0.15) is 11.5 Å². The number of ether oxygens (including phenoxy) is 1. The van der Waals surface area contributed by atoms with Crippen molar-refractivity contribution in [3.8, 4) is 11.5 Å². The number of rotatable bonds is 4. The summed E-state index contributed by atoms with van der Waals surface area (Å²) in [5.74, 6) is -12.1. The van der Waals surface area contributed by atoms with Crippen molar-refractivity contribution in [1.29, 1.82) is 0 Å². The minimum absolute atomic E-state index is 0.136. The van der Waals surface area contributed by atoms with Crippen LogP contribution in [0.25, 0.3) is 10.8 Å². The van der Waals surface area contributed by atoms with E-state index in [1.54, 1.807) is 0 Å².